The summed E-state index contributed by atoms with van der Waals surface area (Å²) in [6.07, 6.45) is 1.51. The van der Waals surface area contributed by atoms with Crippen LogP contribution >= 0.6 is 43.5 Å². The summed E-state index contributed by atoms with van der Waals surface area (Å²) in [5.41, 5.74) is 2.95. The van der Waals surface area contributed by atoms with Gasteiger partial charge in [-0.2, -0.15) is 5.26 Å². The molecule has 0 fully saturated rings. The van der Waals surface area contributed by atoms with Crippen molar-refractivity contribution in [3.63, 3.8) is 0 Å². The fourth-order valence-corrected chi connectivity index (χ4v) is 4.15. The lowest BCUT2D eigenvalue weighted by Gasteiger charge is -2.15. The van der Waals surface area contributed by atoms with Gasteiger partial charge in [-0.25, -0.2) is 0 Å². The van der Waals surface area contributed by atoms with E-state index in [0.29, 0.717) is 45.5 Å². The molecule has 0 saturated heterocycles. The van der Waals surface area contributed by atoms with Crippen LogP contribution in [0.25, 0.3) is 6.08 Å². The zero-order valence-corrected chi connectivity index (χ0v) is 22.4. The Morgan fingerprint density at radius 1 is 1.12 bits per heavy atom. The maximum Gasteiger partial charge on any atom is 0.266 e. The summed E-state index contributed by atoms with van der Waals surface area (Å²) < 4.78 is 13.4. The van der Waals surface area contributed by atoms with Gasteiger partial charge in [-0.1, -0.05) is 39.7 Å². The van der Waals surface area contributed by atoms with Crippen LogP contribution in [-0.2, 0) is 11.4 Å². The summed E-state index contributed by atoms with van der Waals surface area (Å²) in [5.74, 6) is 0.533. The molecule has 8 heteroatoms. The number of rotatable bonds is 8. The molecule has 0 aliphatic carbocycles. The summed E-state index contributed by atoms with van der Waals surface area (Å²) in [4.78, 5) is 12.7. The molecule has 1 amide bonds. The number of anilines is 1. The Morgan fingerprint density at radius 2 is 1.85 bits per heavy atom. The number of hydrogen-bond donors (Lipinski definition) is 1. The van der Waals surface area contributed by atoms with Crippen LogP contribution in [-0.4, -0.2) is 12.5 Å². The minimum atomic E-state index is -0.516. The lowest BCUT2D eigenvalue weighted by atomic mass is 10.1. The highest BCUT2D eigenvalue weighted by molar-refractivity contribution is 9.10. The molecule has 3 aromatic carbocycles. The van der Waals surface area contributed by atoms with Gasteiger partial charge in [0.05, 0.1) is 11.1 Å². The molecule has 0 aliphatic rings. The predicted octanol–water partition coefficient (Wildman–Crippen LogP) is 7.70. The van der Waals surface area contributed by atoms with Crippen molar-refractivity contribution in [2.45, 2.75) is 20.5 Å². The molecule has 0 spiro atoms. The summed E-state index contributed by atoms with van der Waals surface area (Å²) in [7, 11) is 0. The smallest absolute Gasteiger partial charge is 0.266 e. The summed E-state index contributed by atoms with van der Waals surface area (Å²) in [5, 5.41) is 12.9. The Bertz CT molecular complexity index is 1270. The van der Waals surface area contributed by atoms with Crippen molar-refractivity contribution < 1.29 is 14.3 Å². The maximum atomic E-state index is 12.7. The van der Waals surface area contributed by atoms with Crippen LogP contribution in [0, 0.1) is 18.3 Å². The first-order valence-corrected chi connectivity index (χ1v) is 12.3. The van der Waals surface area contributed by atoms with E-state index in [1.54, 1.807) is 30.3 Å². The largest absolute Gasteiger partial charge is 0.490 e. The predicted molar refractivity (Wildman–Crippen MR) is 142 cm³/mol. The number of hydrogen-bond acceptors (Lipinski definition) is 4. The first-order chi connectivity index (χ1) is 16.3. The summed E-state index contributed by atoms with van der Waals surface area (Å²) in [6, 6.07) is 18.4. The quantitative estimate of drug-likeness (QED) is 0.211. The van der Waals surface area contributed by atoms with Crippen LogP contribution in [0.4, 0.5) is 5.69 Å². The number of carbonyl (C=O) groups is 1. The van der Waals surface area contributed by atoms with Gasteiger partial charge in [-0.05, 0) is 95.0 Å². The molecule has 34 heavy (non-hydrogen) atoms. The molecular formula is C26H21Br2ClN2O3. The topological polar surface area (TPSA) is 71.3 Å². The highest BCUT2D eigenvalue weighted by Gasteiger charge is 2.15. The third-order valence-corrected chi connectivity index (χ3v) is 6.09. The fraction of sp³-hybridized carbons (Fsp3) is 0.154. The Hall–Kier alpha value is -2.79. The molecule has 5 nitrogen and oxygen atoms in total. The minimum absolute atomic E-state index is 0.0489. The van der Waals surface area contributed by atoms with Crippen molar-refractivity contribution in [2.75, 3.05) is 11.9 Å². The number of halogens is 3. The standard InChI is InChI=1S/C26H21Br2ClN2O3/c1-3-33-24-13-18(12-22(28)25(24)34-15-17-4-6-20(27)7-5-17)11-19(14-30)26(32)31-23-9-8-21(29)10-16(23)2/h4-13H,3,15H2,1-2H3,(H,31,32)/b19-11+. The average Bonchev–Trinajstić information content (AvgIpc) is 2.80. The number of ether oxygens (including phenoxy) is 2. The molecule has 0 unspecified atom stereocenters. The lowest BCUT2D eigenvalue weighted by molar-refractivity contribution is -0.112. The number of nitrogens with one attached hydrogen (secondary N) is 1. The number of aryl methyl sites for hydroxylation is 1. The average molecular weight is 605 g/mol. The normalized spacial score (nSPS) is 11.0. The minimum Gasteiger partial charge on any atom is -0.490 e. The monoisotopic (exact) mass is 602 g/mol. The Labute approximate surface area is 220 Å². The van der Waals surface area contributed by atoms with E-state index in [9.17, 15) is 10.1 Å². The van der Waals surface area contributed by atoms with E-state index < -0.39 is 5.91 Å². The van der Waals surface area contributed by atoms with Crippen LogP contribution in [0.1, 0.15) is 23.6 Å². The van der Waals surface area contributed by atoms with Gasteiger partial charge in [-0.3, -0.25) is 4.79 Å². The van der Waals surface area contributed by atoms with Crippen molar-refractivity contribution in [1.29, 1.82) is 5.26 Å². The molecule has 0 heterocycles. The van der Waals surface area contributed by atoms with Gasteiger partial charge < -0.3 is 14.8 Å². The summed E-state index contributed by atoms with van der Waals surface area (Å²) in [6.45, 7) is 4.48. The van der Waals surface area contributed by atoms with E-state index in [4.69, 9.17) is 21.1 Å². The van der Waals surface area contributed by atoms with Gasteiger partial charge in [0.2, 0.25) is 0 Å². The van der Waals surface area contributed by atoms with Crippen LogP contribution in [0.5, 0.6) is 11.5 Å². The van der Waals surface area contributed by atoms with Crippen LogP contribution in [0.15, 0.2) is 69.1 Å². The van der Waals surface area contributed by atoms with E-state index in [1.807, 2.05) is 44.2 Å². The van der Waals surface area contributed by atoms with E-state index in [-0.39, 0.29) is 5.57 Å². The van der Waals surface area contributed by atoms with E-state index in [0.717, 1.165) is 15.6 Å². The van der Waals surface area contributed by atoms with E-state index >= 15 is 0 Å². The zero-order chi connectivity index (χ0) is 24.7. The van der Waals surface area contributed by atoms with Crippen molar-refractivity contribution in [3.05, 3.63) is 90.8 Å². The van der Waals surface area contributed by atoms with Crippen molar-refractivity contribution in [2.24, 2.45) is 0 Å². The first kappa shape index (κ1) is 25.8. The molecule has 3 rings (SSSR count). The van der Waals surface area contributed by atoms with Gasteiger partial charge in [0.25, 0.3) is 5.91 Å². The van der Waals surface area contributed by atoms with Crippen molar-refractivity contribution in [1.82, 2.24) is 0 Å². The number of carbonyl (C=O) groups excluding carboxylic acids is 1. The maximum absolute atomic E-state index is 12.7. The number of amides is 1. The van der Waals surface area contributed by atoms with E-state index in [1.165, 1.54) is 6.08 Å². The molecule has 174 valence electrons. The number of nitrogens with zero attached hydrogens (tertiary/aromatic N) is 1. The Morgan fingerprint density at radius 3 is 2.50 bits per heavy atom. The van der Waals surface area contributed by atoms with Gasteiger partial charge in [0.1, 0.15) is 18.2 Å². The van der Waals surface area contributed by atoms with Crippen molar-refractivity contribution in [3.8, 4) is 17.6 Å². The Kier molecular flexibility index (Phi) is 9.17. The molecule has 0 atom stereocenters. The molecule has 3 aromatic rings. The second-order valence-corrected chi connectivity index (χ2v) is 9.47. The third-order valence-electron chi connectivity index (χ3n) is 4.74. The second-order valence-electron chi connectivity index (χ2n) is 7.26. The highest BCUT2D eigenvalue weighted by atomic mass is 79.9. The molecule has 0 aliphatic heterocycles. The van der Waals surface area contributed by atoms with Gasteiger partial charge in [-0.15, -0.1) is 0 Å². The summed E-state index contributed by atoms with van der Waals surface area (Å²) >= 11 is 12.9. The van der Waals surface area contributed by atoms with Crippen LogP contribution < -0.4 is 14.8 Å². The van der Waals surface area contributed by atoms with E-state index in [2.05, 4.69) is 37.2 Å². The van der Waals surface area contributed by atoms with Crippen molar-refractivity contribution >= 4 is 61.1 Å². The molecule has 0 aromatic heterocycles. The third kappa shape index (κ3) is 6.86. The van der Waals surface area contributed by atoms with Gasteiger partial charge in [0, 0.05) is 15.2 Å². The number of nitriles is 1. The fourth-order valence-electron chi connectivity index (χ4n) is 3.08. The van der Waals surface area contributed by atoms with Gasteiger partial charge >= 0.3 is 0 Å². The molecule has 0 radical (unpaired) electrons. The van der Waals surface area contributed by atoms with Crippen LogP contribution in [0.3, 0.4) is 0 Å². The lowest BCUT2D eigenvalue weighted by Crippen LogP contribution is -2.14. The first-order valence-electron chi connectivity index (χ1n) is 10.3. The number of benzene rings is 3. The highest BCUT2D eigenvalue weighted by Crippen LogP contribution is 2.38. The molecule has 0 saturated carbocycles. The molecule has 1 N–H and O–H groups in total. The Balaban J connectivity index is 1.85. The second kappa shape index (κ2) is 12.1. The molecular weight excluding hydrogens is 584 g/mol. The molecule has 0 bridgehead atoms. The zero-order valence-electron chi connectivity index (χ0n) is 18.5. The van der Waals surface area contributed by atoms with Crippen LogP contribution in [0.2, 0.25) is 5.02 Å². The van der Waals surface area contributed by atoms with Gasteiger partial charge in [0.15, 0.2) is 11.5 Å². The SMILES string of the molecule is CCOc1cc(/C=C(\C#N)C(=O)Nc2ccc(Cl)cc2C)cc(Br)c1OCc1ccc(Br)cc1.